The number of aliphatic hydroxyl groups excluding tert-OH is 1. The maximum Gasteiger partial charge on any atom is 0.404 e. The maximum absolute atomic E-state index is 12.6. The van der Waals surface area contributed by atoms with Crippen molar-refractivity contribution in [2.45, 2.75) is 50.8 Å². The lowest BCUT2D eigenvalue weighted by atomic mass is 10.1. The van der Waals surface area contributed by atoms with Crippen molar-refractivity contribution >= 4 is 47.6 Å². The summed E-state index contributed by atoms with van der Waals surface area (Å²) >= 11 is 0. The van der Waals surface area contributed by atoms with Crippen LogP contribution in [-0.4, -0.2) is 90.1 Å². The summed E-state index contributed by atoms with van der Waals surface area (Å²) in [7, 11) is 0. The number of aliphatic hydroxyl groups is 1. The van der Waals surface area contributed by atoms with Crippen molar-refractivity contribution in [1.82, 2.24) is 15.5 Å². The lowest BCUT2D eigenvalue weighted by Crippen LogP contribution is -2.41. The van der Waals surface area contributed by atoms with Gasteiger partial charge in [-0.15, -0.1) is 0 Å². The van der Waals surface area contributed by atoms with E-state index in [4.69, 9.17) is 19.9 Å². The van der Waals surface area contributed by atoms with E-state index in [0.717, 1.165) is 17.1 Å². The van der Waals surface area contributed by atoms with Gasteiger partial charge in [0.1, 0.15) is 31.3 Å². The molecule has 0 radical (unpaired) electrons. The molecule has 0 spiro atoms. The van der Waals surface area contributed by atoms with E-state index < -0.39 is 60.7 Å². The van der Waals surface area contributed by atoms with Gasteiger partial charge < -0.3 is 45.8 Å². The van der Waals surface area contributed by atoms with Gasteiger partial charge >= 0.3 is 6.09 Å². The first kappa shape index (κ1) is 31.7. The van der Waals surface area contributed by atoms with Crippen LogP contribution < -0.4 is 26.4 Å². The van der Waals surface area contributed by atoms with Crippen molar-refractivity contribution in [3.63, 3.8) is 0 Å². The Bertz CT molecular complexity index is 1230. The number of nitrogens with zero attached hydrogens (tertiary/aromatic N) is 1. The quantitative estimate of drug-likeness (QED) is 0.125. The number of anilines is 1. The van der Waals surface area contributed by atoms with Gasteiger partial charge in [0, 0.05) is 50.9 Å². The molecule has 2 aliphatic heterocycles. The minimum absolute atomic E-state index is 0.0410. The lowest BCUT2D eigenvalue weighted by Gasteiger charge is -2.31. The second-order valence-electron chi connectivity index (χ2n) is 9.27. The highest BCUT2D eigenvalue weighted by Gasteiger charge is 2.30. The lowest BCUT2D eigenvalue weighted by molar-refractivity contribution is -0.175. The molecule has 6 amide bonds. The number of benzene rings is 1. The SMILES string of the molecule is NC(=O)OCc1ccc(OC2CC(O)CC(C=O)O2)c(NC(=O)CCNC(=O)CCNC(=O)CN2C(=O)C=CC2=O)c1. The van der Waals surface area contributed by atoms with Gasteiger partial charge in [-0.1, -0.05) is 6.07 Å². The summed E-state index contributed by atoms with van der Waals surface area (Å²) < 4.78 is 16.1. The van der Waals surface area contributed by atoms with Crippen LogP contribution in [0.3, 0.4) is 0 Å². The standard InChI is InChI=1S/C26H31N5O11/c27-26(39)40-14-15-1-2-19(42-25-11-16(33)10-17(13-32)41-25)18(9-15)30-21(35)6-8-28-20(34)5-7-29-22(36)12-31-23(37)3-4-24(31)38/h1-4,9,13,16-17,25,33H,5-8,10-12,14H2,(H2,27,39)(H,28,34)(H,29,36)(H,30,35). The number of rotatable bonds is 14. The minimum Gasteiger partial charge on any atom is -0.463 e. The summed E-state index contributed by atoms with van der Waals surface area (Å²) in [6.07, 6.45) is -0.999. The highest BCUT2D eigenvalue weighted by Crippen LogP contribution is 2.30. The Hall–Kier alpha value is -4.83. The predicted molar refractivity (Wildman–Crippen MR) is 141 cm³/mol. The van der Waals surface area contributed by atoms with E-state index in [2.05, 4.69) is 16.0 Å². The van der Waals surface area contributed by atoms with Crippen LogP contribution in [0.5, 0.6) is 5.75 Å². The van der Waals surface area contributed by atoms with Crippen LogP contribution in [0.15, 0.2) is 30.4 Å². The van der Waals surface area contributed by atoms with Gasteiger partial charge in [0.2, 0.25) is 24.0 Å². The van der Waals surface area contributed by atoms with E-state index in [9.17, 15) is 38.7 Å². The molecule has 1 aromatic carbocycles. The van der Waals surface area contributed by atoms with Crippen molar-refractivity contribution in [3.05, 3.63) is 35.9 Å². The number of imide groups is 1. The molecular formula is C26H31N5O11. The third-order valence-corrected chi connectivity index (χ3v) is 5.96. The monoisotopic (exact) mass is 589 g/mol. The van der Waals surface area contributed by atoms with E-state index in [1.165, 1.54) is 12.1 Å². The first-order chi connectivity index (χ1) is 20.0. The fraction of sp³-hybridized carbons (Fsp3) is 0.423. The molecule has 1 aromatic rings. The molecule has 16 nitrogen and oxygen atoms in total. The summed E-state index contributed by atoms with van der Waals surface area (Å²) in [4.78, 5) is 82.5. The highest BCUT2D eigenvalue weighted by molar-refractivity contribution is 6.14. The Morgan fingerprint density at radius 1 is 1.02 bits per heavy atom. The molecule has 0 aliphatic carbocycles. The fourth-order valence-electron chi connectivity index (χ4n) is 3.94. The third kappa shape index (κ3) is 9.97. The first-order valence-corrected chi connectivity index (χ1v) is 12.9. The van der Waals surface area contributed by atoms with Gasteiger partial charge in [-0.2, -0.15) is 0 Å². The number of carbonyl (C=O) groups is 7. The predicted octanol–water partition coefficient (Wildman–Crippen LogP) is -1.40. The van der Waals surface area contributed by atoms with E-state index in [1.54, 1.807) is 6.07 Å². The van der Waals surface area contributed by atoms with Gasteiger partial charge in [-0.05, 0) is 17.7 Å². The van der Waals surface area contributed by atoms with E-state index in [0.29, 0.717) is 11.8 Å². The number of nitrogens with one attached hydrogen (secondary N) is 3. The molecule has 2 heterocycles. The molecule has 0 saturated carbocycles. The minimum atomic E-state index is -0.991. The van der Waals surface area contributed by atoms with Crippen molar-refractivity contribution < 1.29 is 52.9 Å². The van der Waals surface area contributed by atoms with E-state index in [-0.39, 0.29) is 56.8 Å². The second-order valence-corrected chi connectivity index (χ2v) is 9.27. The zero-order chi connectivity index (χ0) is 30.6. The summed E-state index contributed by atoms with van der Waals surface area (Å²) in [5, 5.41) is 17.6. The van der Waals surface area contributed by atoms with Crippen LogP contribution in [0.4, 0.5) is 10.5 Å². The summed E-state index contributed by atoms with van der Waals surface area (Å²) in [5.41, 5.74) is 5.66. The van der Waals surface area contributed by atoms with Crippen LogP contribution in [0, 0.1) is 0 Å². The highest BCUT2D eigenvalue weighted by atomic mass is 16.7. The van der Waals surface area contributed by atoms with E-state index in [1.807, 2.05) is 0 Å². The molecule has 6 N–H and O–H groups in total. The van der Waals surface area contributed by atoms with Crippen LogP contribution >= 0.6 is 0 Å². The number of aldehydes is 1. The van der Waals surface area contributed by atoms with Crippen molar-refractivity contribution in [2.24, 2.45) is 5.73 Å². The smallest absolute Gasteiger partial charge is 0.404 e. The molecule has 42 heavy (non-hydrogen) atoms. The Morgan fingerprint density at radius 3 is 2.36 bits per heavy atom. The molecule has 1 saturated heterocycles. The maximum atomic E-state index is 12.6. The largest absolute Gasteiger partial charge is 0.463 e. The van der Waals surface area contributed by atoms with E-state index >= 15 is 0 Å². The molecule has 226 valence electrons. The van der Waals surface area contributed by atoms with Crippen molar-refractivity contribution in [1.29, 1.82) is 0 Å². The van der Waals surface area contributed by atoms with Crippen LogP contribution in [0.2, 0.25) is 0 Å². The van der Waals surface area contributed by atoms with Gasteiger partial charge in [-0.25, -0.2) is 4.79 Å². The Kier molecular flexibility index (Phi) is 11.5. The van der Waals surface area contributed by atoms with Gasteiger partial charge in [-0.3, -0.25) is 28.9 Å². The summed E-state index contributed by atoms with van der Waals surface area (Å²) in [5.74, 6) is -2.60. The van der Waals surface area contributed by atoms with Crippen molar-refractivity contribution in [2.75, 3.05) is 25.0 Å². The average Bonchev–Trinajstić information content (AvgIpc) is 3.24. The number of primary amides is 1. The number of hydrogen-bond donors (Lipinski definition) is 5. The zero-order valence-corrected chi connectivity index (χ0v) is 22.4. The average molecular weight is 590 g/mol. The number of nitrogens with two attached hydrogens (primary N) is 1. The molecule has 3 rings (SSSR count). The third-order valence-electron chi connectivity index (χ3n) is 5.96. The van der Waals surface area contributed by atoms with Gasteiger partial charge in [0.15, 0.2) is 0 Å². The Morgan fingerprint density at radius 2 is 1.69 bits per heavy atom. The molecule has 3 atom stereocenters. The second kappa shape index (κ2) is 15.2. The van der Waals surface area contributed by atoms with Crippen LogP contribution in [0.25, 0.3) is 0 Å². The molecule has 2 aliphatic rings. The zero-order valence-electron chi connectivity index (χ0n) is 22.4. The molecule has 0 aromatic heterocycles. The normalized spacial score (nSPS) is 19.6. The van der Waals surface area contributed by atoms with Gasteiger partial charge in [0.05, 0.1) is 11.8 Å². The van der Waals surface area contributed by atoms with Crippen molar-refractivity contribution in [3.8, 4) is 5.75 Å². The molecule has 1 fully saturated rings. The Balaban J connectivity index is 1.47. The molecule has 16 heteroatoms. The molecule has 3 unspecified atom stereocenters. The van der Waals surface area contributed by atoms with Crippen LogP contribution in [-0.2, 0) is 44.8 Å². The molecular weight excluding hydrogens is 558 g/mol. The van der Waals surface area contributed by atoms with Crippen LogP contribution in [0.1, 0.15) is 31.2 Å². The molecule has 0 bridgehead atoms. The Labute approximate surface area is 239 Å². The summed E-state index contributed by atoms with van der Waals surface area (Å²) in [6.45, 7) is -0.734. The number of hydrogen-bond acceptors (Lipinski definition) is 11. The number of carbonyl (C=O) groups excluding carboxylic acids is 7. The van der Waals surface area contributed by atoms with Gasteiger partial charge in [0.25, 0.3) is 11.8 Å². The first-order valence-electron chi connectivity index (χ1n) is 12.9. The summed E-state index contributed by atoms with van der Waals surface area (Å²) in [6, 6.07) is 4.52. The topological polar surface area (TPSA) is 233 Å². The number of ether oxygens (including phenoxy) is 3. The number of amides is 6. The fourth-order valence-corrected chi connectivity index (χ4v) is 3.94.